The summed E-state index contributed by atoms with van der Waals surface area (Å²) in [7, 11) is 0. The van der Waals surface area contributed by atoms with Gasteiger partial charge in [0.05, 0.1) is 0 Å². The van der Waals surface area contributed by atoms with Gasteiger partial charge in [-0.15, -0.1) is 0 Å². The standard InChI is InChI=1S/C8H10O6.2H3N/c1-3-5(9)13-7(11)8(12)14-6(10)4-2;;/h3-4H2,1-2H3;2*1H3. The number of rotatable bonds is 2. The van der Waals surface area contributed by atoms with Crippen molar-refractivity contribution >= 4 is 23.9 Å². The lowest BCUT2D eigenvalue weighted by Gasteiger charge is -1.99. The Balaban J connectivity index is -0.000000845. The molecule has 0 aliphatic carbocycles. The van der Waals surface area contributed by atoms with Crippen LogP contribution in [-0.4, -0.2) is 23.9 Å². The van der Waals surface area contributed by atoms with Crippen molar-refractivity contribution in [3.8, 4) is 0 Å². The maximum Gasteiger partial charge on any atom is 0.425 e. The fourth-order valence-corrected chi connectivity index (χ4v) is 0.434. The minimum absolute atomic E-state index is 0. The van der Waals surface area contributed by atoms with Crippen molar-refractivity contribution in [1.82, 2.24) is 12.3 Å². The van der Waals surface area contributed by atoms with Gasteiger partial charge in [0.2, 0.25) is 0 Å². The Morgan fingerprint density at radius 2 is 1.00 bits per heavy atom. The van der Waals surface area contributed by atoms with E-state index < -0.39 is 23.9 Å². The zero-order chi connectivity index (χ0) is 11.1. The summed E-state index contributed by atoms with van der Waals surface area (Å²) in [5.74, 6) is -4.65. The van der Waals surface area contributed by atoms with E-state index in [0.29, 0.717) is 0 Å². The maximum absolute atomic E-state index is 10.7. The van der Waals surface area contributed by atoms with Gasteiger partial charge in [-0.05, 0) is 0 Å². The average molecular weight is 236 g/mol. The van der Waals surface area contributed by atoms with Crippen LogP contribution in [0.3, 0.4) is 0 Å². The molecule has 0 saturated heterocycles. The first-order valence-electron chi connectivity index (χ1n) is 4.00. The zero-order valence-electron chi connectivity index (χ0n) is 9.28. The van der Waals surface area contributed by atoms with Crippen LogP contribution in [0.2, 0.25) is 0 Å². The van der Waals surface area contributed by atoms with Crippen molar-refractivity contribution in [2.45, 2.75) is 26.7 Å². The molecule has 0 heterocycles. The Labute approximate surface area is 92.4 Å². The second-order valence-corrected chi connectivity index (χ2v) is 2.23. The molecule has 0 bridgehead atoms. The molecule has 16 heavy (non-hydrogen) atoms. The number of hydrogen-bond donors (Lipinski definition) is 2. The highest BCUT2D eigenvalue weighted by atomic mass is 16.6. The summed E-state index contributed by atoms with van der Waals surface area (Å²) < 4.78 is 8.00. The van der Waals surface area contributed by atoms with Crippen molar-refractivity contribution in [2.75, 3.05) is 0 Å². The van der Waals surface area contributed by atoms with E-state index in [0.717, 1.165) is 0 Å². The highest BCUT2D eigenvalue weighted by Crippen LogP contribution is 1.91. The molecule has 0 spiro atoms. The largest absolute Gasteiger partial charge is 0.425 e. The Morgan fingerprint density at radius 3 is 1.19 bits per heavy atom. The number of hydrogen-bond acceptors (Lipinski definition) is 8. The molecule has 0 amide bonds. The lowest BCUT2D eigenvalue weighted by molar-refractivity contribution is -0.177. The molecular formula is C8H16N2O6. The zero-order valence-corrected chi connectivity index (χ0v) is 9.28. The van der Waals surface area contributed by atoms with Crippen LogP contribution in [0.5, 0.6) is 0 Å². The van der Waals surface area contributed by atoms with Crippen molar-refractivity contribution < 1.29 is 28.7 Å². The second kappa shape index (κ2) is 9.74. The molecule has 94 valence electrons. The Hall–Kier alpha value is -1.80. The first-order chi connectivity index (χ1) is 6.51. The second-order valence-electron chi connectivity index (χ2n) is 2.23. The van der Waals surface area contributed by atoms with E-state index in [4.69, 9.17) is 0 Å². The van der Waals surface area contributed by atoms with Crippen LogP contribution in [0.1, 0.15) is 26.7 Å². The summed E-state index contributed by atoms with van der Waals surface area (Å²) in [5.41, 5.74) is 0. The Morgan fingerprint density at radius 1 is 0.750 bits per heavy atom. The first kappa shape index (κ1) is 19.7. The Bertz CT molecular complexity index is 248. The van der Waals surface area contributed by atoms with Crippen LogP contribution in [0, 0.1) is 0 Å². The number of carbonyl (C=O) groups is 4. The fraction of sp³-hybridized carbons (Fsp3) is 0.500. The third-order valence-electron chi connectivity index (χ3n) is 1.16. The summed E-state index contributed by atoms with van der Waals surface area (Å²) in [6.07, 6.45) is -0.0819. The molecule has 0 atom stereocenters. The summed E-state index contributed by atoms with van der Waals surface area (Å²) >= 11 is 0. The van der Waals surface area contributed by atoms with E-state index in [1.165, 1.54) is 13.8 Å². The van der Waals surface area contributed by atoms with Crippen LogP contribution in [0.4, 0.5) is 0 Å². The summed E-state index contributed by atoms with van der Waals surface area (Å²) in [6, 6.07) is 0. The topological polar surface area (TPSA) is 157 Å². The average Bonchev–Trinajstić information content (AvgIpc) is 2.17. The summed E-state index contributed by atoms with van der Waals surface area (Å²) in [4.78, 5) is 42.5. The third kappa shape index (κ3) is 7.59. The molecule has 0 rings (SSSR count). The Kier molecular flexibility index (Phi) is 12.0. The van der Waals surface area contributed by atoms with Crippen molar-refractivity contribution in [3.63, 3.8) is 0 Å². The molecule has 0 fully saturated rings. The molecule has 0 aliphatic rings. The minimum Gasteiger partial charge on any atom is -0.384 e. The number of esters is 4. The predicted octanol–water partition coefficient (Wildman–Crippen LogP) is 0.270. The van der Waals surface area contributed by atoms with Gasteiger partial charge in [0.15, 0.2) is 0 Å². The highest BCUT2D eigenvalue weighted by molar-refractivity contribution is 6.33. The van der Waals surface area contributed by atoms with E-state index in [1.54, 1.807) is 0 Å². The fourth-order valence-electron chi connectivity index (χ4n) is 0.434. The van der Waals surface area contributed by atoms with Gasteiger partial charge in [0, 0.05) is 12.8 Å². The molecule has 8 nitrogen and oxygen atoms in total. The van der Waals surface area contributed by atoms with Gasteiger partial charge in [0.25, 0.3) is 0 Å². The highest BCUT2D eigenvalue weighted by Gasteiger charge is 2.22. The van der Waals surface area contributed by atoms with Gasteiger partial charge in [-0.25, -0.2) is 9.59 Å². The maximum atomic E-state index is 10.7. The normalized spacial score (nSPS) is 7.88. The molecule has 0 aromatic heterocycles. The number of ether oxygens (including phenoxy) is 2. The summed E-state index contributed by atoms with van der Waals surface area (Å²) in [5, 5.41) is 0. The van der Waals surface area contributed by atoms with Crippen LogP contribution >= 0.6 is 0 Å². The molecule has 0 saturated carbocycles. The van der Waals surface area contributed by atoms with Crippen LogP contribution in [-0.2, 0) is 28.7 Å². The quantitative estimate of drug-likeness (QED) is 0.392. The molecule has 0 unspecified atom stereocenters. The SMILES string of the molecule is CCC(=O)OC(=O)C(=O)OC(=O)CC.N.N. The molecule has 8 heteroatoms. The smallest absolute Gasteiger partial charge is 0.384 e. The molecule has 6 N–H and O–H groups in total. The van der Waals surface area contributed by atoms with E-state index in [-0.39, 0.29) is 25.1 Å². The summed E-state index contributed by atoms with van der Waals surface area (Å²) in [6.45, 7) is 2.91. The number of carbonyl (C=O) groups excluding carboxylic acids is 4. The van der Waals surface area contributed by atoms with Crippen molar-refractivity contribution in [2.24, 2.45) is 0 Å². The lowest BCUT2D eigenvalue weighted by Crippen LogP contribution is -2.25. The van der Waals surface area contributed by atoms with Gasteiger partial charge in [-0.1, -0.05) is 13.8 Å². The van der Waals surface area contributed by atoms with E-state index in [9.17, 15) is 19.2 Å². The van der Waals surface area contributed by atoms with E-state index in [2.05, 4.69) is 9.47 Å². The lowest BCUT2D eigenvalue weighted by atomic mass is 10.5. The predicted molar refractivity (Wildman–Crippen MR) is 52.8 cm³/mol. The first-order valence-corrected chi connectivity index (χ1v) is 4.00. The van der Waals surface area contributed by atoms with Crippen LogP contribution < -0.4 is 12.3 Å². The van der Waals surface area contributed by atoms with Gasteiger partial charge in [-0.2, -0.15) is 0 Å². The monoisotopic (exact) mass is 236 g/mol. The minimum atomic E-state index is -1.47. The van der Waals surface area contributed by atoms with Crippen LogP contribution in [0.25, 0.3) is 0 Å². The molecule has 0 aliphatic heterocycles. The van der Waals surface area contributed by atoms with E-state index >= 15 is 0 Å². The van der Waals surface area contributed by atoms with Crippen LogP contribution in [0.15, 0.2) is 0 Å². The molecule has 0 radical (unpaired) electrons. The van der Waals surface area contributed by atoms with E-state index in [1.807, 2.05) is 0 Å². The third-order valence-corrected chi connectivity index (χ3v) is 1.16. The molecule has 0 aromatic carbocycles. The van der Waals surface area contributed by atoms with Crippen molar-refractivity contribution in [3.05, 3.63) is 0 Å². The molecule has 0 aromatic rings. The van der Waals surface area contributed by atoms with Crippen molar-refractivity contribution in [1.29, 1.82) is 0 Å². The van der Waals surface area contributed by atoms with Gasteiger partial charge >= 0.3 is 23.9 Å². The molecular weight excluding hydrogens is 220 g/mol. The van der Waals surface area contributed by atoms with Gasteiger partial charge < -0.3 is 21.8 Å². The van der Waals surface area contributed by atoms with Gasteiger partial charge in [0.1, 0.15) is 0 Å². The van der Waals surface area contributed by atoms with Gasteiger partial charge in [-0.3, -0.25) is 9.59 Å².